The van der Waals surface area contributed by atoms with E-state index < -0.39 is 0 Å². The van der Waals surface area contributed by atoms with Crippen LogP contribution in [0.2, 0.25) is 0 Å². The lowest BCUT2D eigenvalue weighted by atomic mass is 9.79. The van der Waals surface area contributed by atoms with Crippen LogP contribution in [0.4, 0.5) is 0 Å². The highest BCUT2D eigenvalue weighted by Gasteiger charge is 2.46. The van der Waals surface area contributed by atoms with Gasteiger partial charge in [-0.3, -0.25) is 0 Å². The Morgan fingerprint density at radius 2 is 1.93 bits per heavy atom. The Balaban J connectivity index is 0.00000131. The van der Waals surface area contributed by atoms with Crippen LogP contribution in [0, 0.1) is 0 Å². The van der Waals surface area contributed by atoms with E-state index in [1.807, 2.05) is 0 Å². The molecule has 4 rings (SSSR count). The van der Waals surface area contributed by atoms with Crippen LogP contribution in [-0.4, -0.2) is 48.1 Å². The molecule has 1 spiro atoms. The summed E-state index contributed by atoms with van der Waals surface area (Å²) >= 11 is 0. The molecule has 2 heterocycles. The van der Waals surface area contributed by atoms with Gasteiger partial charge in [-0.15, -0.1) is 24.8 Å². The molecule has 0 bridgehead atoms. The van der Waals surface area contributed by atoms with Crippen LogP contribution in [0.5, 0.6) is 5.75 Å². The van der Waals surface area contributed by atoms with Gasteiger partial charge in [0.15, 0.2) is 5.60 Å². The molecule has 1 aliphatic carbocycles. The topological polar surface area (TPSA) is 15.7 Å². The van der Waals surface area contributed by atoms with Gasteiger partial charge < -0.3 is 14.5 Å². The summed E-state index contributed by atoms with van der Waals surface area (Å²) < 4.78 is 6.60. The maximum absolute atomic E-state index is 6.60. The van der Waals surface area contributed by atoms with Crippen molar-refractivity contribution in [1.82, 2.24) is 9.80 Å². The van der Waals surface area contributed by atoms with E-state index in [0.29, 0.717) is 0 Å². The van der Waals surface area contributed by atoms with Gasteiger partial charge in [0, 0.05) is 31.3 Å². The zero-order valence-electron chi connectivity index (χ0n) is 16.2. The van der Waals surface area contributed by atoms with Gasteiger partial charge in [-0.05, 0) is 36.7 Å². The first-order valence-corrected chi connectivity index (χ1v) is 9.56. The molecule has 2 aliphatic heterocycles. The van der Waals surface area contributed by atoms with Crippen molar-refractivity contribution in [3.63, 3.8) is 0 Å². The van der Waals surface area contributed by atoms with Gasteiger partial charge in [0.1, 0.15) is 5.75 Å². The number of hydrogen-bond donors (Lipinski definition) is 0. The van der Waals surface area contributed by atoms with E-state index in [9.17, 15) is 0 Å². The minimum Gasteiger partial charge on any atom is -0.480 e. The molecule has 0 fully saturated rings. The van der Waals surface area contributed by atoms with Crippen molar-refractivity contribution in [3.05, 3.63) is 65.4 Å². The van der Waals surface area contributed by atoms with E-state index in [2.05, 4.69) is 72.3 Å². The van der Waals surface area contributed by atoms with E-state index in [-0.39, 0.29) is 30.4 Å². The van der Waals surface area contributed by atoms with Crippen molar-refractivity contribution in [2.24, 2.45) is 0 Å². The molecule has 0 N–H and O–H groups in total. The van der Waals surface area contributed by atoms with Gasteiger partial charge in [-0.1, -0.05) is 50.3 Å². The highest BCUT2D eigenvalue weighted by molar-refractivity contribution is 5.85. The second-order valence-corrected chi connectivity index (χ2v) is 7.25. The third kappa shape index (κ3) is 4.21. The molecule has 1 aromatic rings. The largest absolute Gasteiger partial charge is 0.480 e. The third-order valence-corrected chi connectivity index (χ3v) is 5.72. The van der Waals surface area contributed by atoms with Crippen LogP contribution in [0.1, 0.15) is 25.8 Å². The first kappa shape index (κ1) is 21.9. The molecule has 148 valence electrons. The second-order valence-electron chi connectivity index (χ2n) is 7.25. The van der Waals surface area contributed by atoms with Crippen LogP contribution >= 0.6 is 24.8 Å². The molecule has 0 amide bonds. The Morgan fingerprint density at radius 1 is 1.15 bits per heavy atom. The van der Waals surface area contributed by atoms with Crippen LogP contribution < -0.4 is 4.74 Å². The van der Waals surface area contributed by atoms with Crippen LogP contribution in [-0.2, 0) is 6.42 Å². The molecule has 1 atom stereocenters. The molecule has 3 aliphatic rings. The predicted octanol–water partition coefficient (Wildman–Crippen LogP) is 4.63. The molecule has 1 unspecified atom stereocenters. The van der Waals surface area contributed by atoms with Crippen molar-refractivity contribution >= 4 is 24.8 Å². The fraction of sp³-hybridized carbons (Fsp3) is 0.455. The Labute approximate surface area is 175 Å². The van der Waals surface area contributed by atoms with Crippen molar-refractivity contribution in [2.45, 2.75) is 32.3 Å². The van der Waals surface area contributed by atoms with Gasteiger partial charge in [-0.2, -0.15) is 0 Å². The number of fused-ring (bicyclic) bond motifs is 3. The summed E-state index contributed by atoms with van der Waals surface area (Å²) in [6, 6.07) is 8.52. The molecule has 0 radical (unpaired) electrons. The lowest BCUT2D eigenvalue weighted by Crippen LogP contribution is -2.51. The number of ether oxygens (including phenoxy) is 1. The zero-order chi connectivity index (χ0) is 17.3. The van der Waals surface area contributed by atoms with E-state index >= 15 is 0 Å². The molecule has 0 saturated heterocycles. The lowest BCUT2D eigenvalue weighted by Gasteiger charge is -2.42. The summed E-state index contributed by atoms with van der Waals surface area (Å²) in [6.45, 7) is 9.81. The Hall–Kier alpha value is -1.42. The standard InChI is InChI=1S/C22H28N2O.2ClH/c1-3-23(4-2)13-14-24-16-19-10-5-7-11-20(19)22(17-24)15-18-9-6-8-12-21(18)25-22;;/h5-9,11-12,16H,3-4,10,13-15,17H2,1-2H3;2*1H. The smallest absolute Gasteiger partial charge is 0.156 e. The molecular weight excluding hydrogens is 379 g/mol. The Kier molecular flexibility index (Phi) is 7.44. The number of nitrogens with zero attached hydrogens (tertiary/aromatic N) is 2. The van der Waals surface area contributed by atoms with Crippen molar-refractivity contribution in [3.8, 4) is 5.75 Å². The number of hydrogen-bond acceptors (Lipinski definition) is 3. The summed E-state index contributed by atoms with van der Waals surface area (Å²) in [5.41, 5.74) is 3.91. The fourth-order valence-corrected chi connectivity index (χ4v) is 4.32. The van der Waals surface area contributed by atoms with E-state index in [0.717, 1.165) is 51.3 Å². The van der Waals surface area contributed by atoms with E-state index in [1.54, 1.807) is 0 Å². The van der Waals surface area contributed by atoms with Crippen LogP contribution in [0.3, 0.4) is 0 Å². The number of benzene rings is 1. The van der Waals surface area contributed by atoms with Gasteiger partial charge >= 0.3 is 0 Å². The van der Waals surface area contributed by atoms with E-state index in [4.69, 9.17) is 4.74 Å². The lowest BCUT2D eigenvalue weighted by molar-refractivity contribution is 0.0857. The average molecular weight is 409 g/mol. The molecule has 0 aromatic heterocycles. The summed E-state index contributed by atoms with van der Waals surface area (Å²) in [4.78, 5) is 4.97. The Bertz CT molecular complexity index is 713. The number of rotatable bonds is 5. The monoisotopic (exact) mass is 408 g/mol. The summed E-state index contributed by atoms with van der Waals surface area (Å²) in [5.74, 6) is 1.06. The van der Waals surface area contributed by atoms with Crippen molar-refractivity contribution in [2.75, 3.05) is 32.7 Å². The van der Waals surface area contributed by atoms with Crippen LogP contribution in [0.15, 0.2) is 59.8 Å². The average Bonchev–Trinajstić information content (AvgIpc) is 3.01. The number of allylic oxidation sites excluding steroid dienone is 3. The summed E-state index contributed by atoms with van der Waals surface area (Å²) in [5, 5.41) is 0. The predicted molar refractivity (Wildman–Crippen MR) is 117 cm³/mol. The molecule has 27 heavy (non-hydrogen) atoms. The minimum atomic E-state index is -0.220. The Morgan fingerprint density at radius 3 is 2.67 bits per heavy atom. The minimum absolute atomic E-state index is 0. The van der Waals surface area contributed by atoms with Gasteiger partial charge in [-0.25, -0.2) is 0 Å². The van der Waals surface area contributed by atoms with Gasteiger partial charge in [0.2, 0.25) is 0 Å². The highest BCUT2D eigenvalue weighted by atomic mass is 35.5. The maximum atomic E-state index is 6.60. The SMILES string of the molecule is CCN(CC)CCN1C=C2CC=CC=C2C2(Cc3ccccc3O2)C1.Cl.Cl. The normalized spacial score (nSPS) is 22.3. The van der Waals surface area contributed by atoms with Gasteiger partial charge in [0.05, 0.1) is 6.54 Å². The highest BCUT2D eigenvalue weighted by Crippen LogP contribution is 2.45. The number of halogens is 2. The third-order valence-electron chi connectivity index (χ3n) is 5.72. The second kappa shape index (κ2) is 9.18. The fourth-order valence-electron chi connectivity index (χ4n) is 4.32. The summed E-state index contributed by atoms with van der Waals surface area (Å²) in [6.07, 6.45) is 11.1. The van der Waals surface area contributed by atoms with Gasteiger partial charge in [0.25, 0.3) is 0 Å². The molecule has 0 saturated carbocycles. The molecule has 1 aromatic carbocycles. The number of likely N-dealkylation sites (N-methyl/N-ethyl adjacent to an activating group) is 1. The van der Waals surface area contributed by atoms with Crippen LogP contribution in [0.25, 0.3) is 0 Å². The zero-order valence-corrected chi connectivity index (χ0v) is 17.8. The maximum Gasteiger partial charge on any atom is 0.156 e. The quantitative estimate of drug-likeness (QED) is 0.705. The molecule has 3 nitrogen and oxygen atoms in total. The molecular formula is C22H30Cl2N2O. The van der Waals surface area contributed by atoms with Crippen molar-refractivity contribution in [1.29, 1.82) is 0 Å². The first-order valence-electron chi connectivity index (χ1n) is 9.56. The van der Waals surface area contributed by atoms with E-state index in [1.165, 1.54) is 16.7 Å². The number of para-hydroxylation sites is 1. The summed E-state index contributed by atoms with van der Waals surface area (Å²) in [7, 11) is 0. The van der Waals surface area contributed by atoms with Crippen molar-refractivity contribution < 1.29 is 4.74 Å². The molecule has 5 heteroatoms. The first-order chi connectivity index (χ1) is 12.2.